The van der Waals surface area contributed by atoms with Crippen LogP contribution in [0.15, 0.2) is 46.6 Å². The normalized spacial score (nSPS) is 28.6. The number of hydrogen-bond donors (Lipinski definition) is 0. The Morgan fingerprint density at radius 1 is 1.39 bits per heavy atom. The van der Waals surface area contributed by atoms with Crippen molar-refractivity contribution < 1.29 is 4.74 Å². The highest BCUT2D eigenvalue weighted by Gasteiger charge is 2.26. The summed E-state index contributed by atoms with van der Waals surface area (Å²) in [6.45, 7) is 12.3. The summed E-state index contributed by atoms with van der Waals surface area (Å²) >= 11 is 1.99. The number of thioether (sulfide) groups is 1. The van der Waals surface area contributed by atoms with E-state index >= 15 is 0 Å². The van der Waals surface area contributed by atoms with Crippen LogP contribution in [0.3, 0.4) is 0 Å². The van der Waals surface area contributed by atoms with Crippen molar-refractivity contribution in [3.63, 3.8) is 0 Å². The molecule has 0 radical (unpaired) electrons. The lowest BCUT2D eigenvalue weighted by Crippen LogP contribution is -2.19. The molecule has 0 N–H and O–H groups in total. The van der Waals surface area contributed by atoms with Crippen LogP contribution in [0.1, 0.15) is 53.9 Å². The van der Waals surface area contributed by atoms with Crippen LogP contribution < -0.4 is 0 Å². The first kappa shape index (κ1) is 18.6. The molecule has 128 valence electrons. The first-order valence-corrected chi connectivity index (χ1v) is 9.67. The Morgan fingerprint density at radius 2 is 2.13 bits per heavy atom. The maximum Gasteiger partial charge on any atom is 0.0619 e. The van der Waals surface area contributed by atoms with Crippen molar-refractivity contribution in [3.05, 3.63) is 46.6 Å². The van der Waals surface area contributed by atoms with E-state index in [0.717, 1.165) is 6.61 Å². The molecule has 0 saturated heterocycles. The summed E-state index contributed by atoms with van der Waals surface area (Å²) in [7, 11) is 1.78. The van der Waals surface area contributed by atoms with Gasteiger partial charge in [0.25, 0.3) is 0 Å². The average molecular weight is 333 g/mol. The Kier molecular flexibility index (Phi) is 6.39. The standard InChI is InChI=1S/C21H32OS/c1-15(12-18-13-17(3)20(23-18)14-22-6)9-10-19-16(2)8-7-11-21(19,4)5/h9-10,12-13,18,20H,7-8,11,14H2,1-6H3/b10-9+,15-12+. The molecule has 0 bridgehead atoms. The van der Waals surface area contributed by atoms with E-state index in [1.807, 2.05) is 11.8 Å². The average Bonchev–Trinajstić information content (AvgIpc) is 2.78. The van der Waals surface area contributed by atoms with E-state index in [1.54, 1.807) is 18.3 Å². The zero-order valence-corrected chi connectivity index (χ0v) is 16.4. The van der Waals surface area contributed by atoms with Crippen molar-refractivity contribution in [2.45, 2.75) is 64.4 Å². The van der Waals surface area contributed by atoms with Crippen LogP contribution in [0.4, 0.5) is 0 Å². The fourth-order valence-electron chi connectivity index (χ4n) is 3.65. The van der Waals surface area contributed by atoms with Gasteiger partial charge in [-0.1, -0.05) is 54.9 Å². The third kappa shape index (κ3) is 4.87. The highest BCUT2D eigenvalue weighted by atomic mass is 32.2. The number of hydrogen-bond acceptors (Lipinski definition) is 2. The molecule has 23 heavy (non-hydrogen) atoms. The molecule has 0 amide bonds. The molecule has 0 aromatic heterocycles. The monoisotopic (exact) mass is 332 g/mol. The molecular weight excluding hydrogens is 300 g/mol. The lowest BCUT2D eigenvalue weighted by atomic mass is 9.72. The minimum atomic E-state index is 0.321. The van der Waals surface area contributed by atoms with E-state index in [4.69, 9.17) is 4.74 Å². The summed E-state index contributed by atoms with van der Waals surface area (Å²) in [5.74, 6) is 0. The van der Waals surface area contributed by atoms with Crippen LogP contribution in [-0.4, -0.2) is 24.2 Å². The molecule has 1 nitrogen and oxygen atoms in total. The van der Waals surface area contributed by atoms with E-state index < -0.39 is 0 Å². The van der Waals surface area contributed by atoms with Gasteiger partial charge in [-0.05, 0) is 51.0 Å². The second-order valence-electron chi connectivity index (χ2n) is 7.63. The van der Waals surface area contributed by atoms with Crippen molar-refractivity contribution in [3.8, 4) is 0 Å². The molecule has 0 fully saturated rings. The zero-order valence-electron chi connectivity index (χ0n) is 15.6. The van der Waals surface area contributed by atoms with Gasteiger partial charge in [0.1, 0.15) is 0 Å². The van der Waals surface area contributed by atoms with Crippen LogP contribution in [0.2, 0.25) is 0 Å². The summed E-state index contributed by atoms with van der Waals surface area (Å²) < 4.78 is 5.31. The van der Waals surface area contributed by atoms with Crippen LogP contribution in [-0.2, 0) is 4.74 Å². The molecule has 2 aliphatic rings. The molecule has 0 aromatic carbocycles. The predicted molar refractivity (Wildman–Crippen MR) is 104 cm³/mol. The molecular formula is C21H32OS. The van der Waals surface area contributed by atoms with Gasteiger partial charge in [-0.3, -0.25) is 0 Å². The second kappa shape index (κ2) is 7.90. The van der Waals surface area contributed by atoms with Gasteiger partial charge < -0.3 is 4.74 Å². The number of allylic oxidation sites excluding steroid dienone is 5. The first-order valence-electron chi connectivity index (χ1n) is 8.73. The molecule has 1 heterocycles. The molecule has 1 aliphatic heterocycles. The largest absolute Gasteiger partial charge is 0.383 e. The van der Waals surface area contributed by atoms with Crippen LogP contribution >= 0.6 is 11.8 Å². The van der Waals surface area contributed by atoms with Gasteiger partial charge in [-0.15, -0.1) is 11.8 Å². The maximum absolute atomic E-state index is 5.31. The first-order chi connectivity index (χ1) is 10.8. The smallest absolute Gasteiger partial charge is 0.0619 e. The van der Waals surface area contributed by atoms with Gasteiger partial charge in [0.05, 0.1) is 6.61 Å². The Bertz CT molecular complexity index is 548. The number of ether oxygens (including phenoxy) is 1. The molecule has 2 rings (SSSR count). The second-order valence-corrected chi connectivity index (χ2v) is 9.02. The van der Waals surface area contributed by atoms with Gasteiger partial charge in [0.2, 0.25) is 0 Å². The van der Waals surface area contributed by atoms with E-state index in [-0.39, 0.29) is 0 Å². The predicted octanol–water partition coefficient (Wildman–Crippen LogP) is 6.09. The molecule has 2 unspecified atom stereocenters. The highest BCUT2D eigenvalue weighted by Crippen LogP contribution is 2.41. The summed E-state index contributed by atoms with van der Waals surface area (Å²) in [5.41, 5.74) is 6.23. The quantitative estimate of drug-likeness (QED) is 0.445. The van der Waals surface area contributed by atoms with Gasteiger partial charge in [0, 0.05) is 17.6 Å². The van der Waals surface area contributed by atoms with E-state index in [1.165, 1.54) is 30.4 Å². The highest BCUT2D eigenvalue weighted by molar-refractivity contribution is 8.01. The fraction of sp³-hybridized carbons (Fsp3) is 0.619. The van der Waals surface area contributed by atoms with E-state index in [2.05, 4.69) is 58.9 Å². The molecule has 0 aromatic rings. The molecule has 1 aliphatic carbocycles. The summed E-state index contributed by atoms with van der Waals surface area (Å²) in [4.78, 5) is 0. The third-order valence-corrected chi connectivity index (χ3v) is 6.48. The van der Waals surface area contributed by atoms with Crippen molar-refractivity contribution >= 4 is 11.8 Å². The number of methoxy groups -OCH3 is 1. The minimum Gasteiger partial charge on any atom is -0.383 e. The Balaban J connectivity index is 2.06. The van der Waals surface area contributed by atoms with Crippen molar-refractivity contribution in [2.24, 2.45) is 5.41 Å². The Morgan fingerprint density at radius 3 is 2.78 bits per heavy atom. The van der Waals surface area contributed by atoms with Crippen molar-refractivity contribution in [1.29, 1.82) is 0 Å². The van der Waals surface area contributed by atoms with Crippen molar-refractivity contribution in [2.75, 3.05) is 13.7 Å². The van der Waals surface area contributed by atoms with Crippen LogP contribution in [0.25, 0.3) is 0 Å². The third-order valence-electron chi connectivity index (χ3n) is 5.06. The van der Waals surface area contributed by atoms with Crippen LogP contribution in [0.5, 0.6) is 0 Å². The lowest BCUT2D eigenvalue weighted by Gasteiger charge is -2.33. The number of rotatable bonds is 5. The Hall–Kier alpha value is -0.730. The topological polar surface area (TPSA) is 9.23 Å². The fourth-order valence-corrected chi connectivity index (χ4v) is 5.13. The Labute approximate surface area is 147 Å². The van der Waals surface area contributed by atoms with E-state index in [9.17, 15) is 0 Å². The SMILES string of the molecule is COCC1SC(/C=C(C)/C=C/C2=C(C)CCCC2(C)C)C=C1C. The molecule has 2 atom stereocenters. The van der Waals surface area contributed by atoms with Crippen molar-refractivity contribution in [1.82, 2.24) is 0 Å². The minimum absolute atomic E-state index is 0.321. The molecule has 0 saturated carbocycles. The molecule has 0 spiro atoms. The maximum atomic E-state index is 5.31. The van der Waals surface area contributed by atoms with E-state index in [0.29, 0.717) is 15.9 Å². The summed E-state index contributed by atoms with van der Waals surface area (Å²) in [6.07, 6.45) is 13.3. The van der Waals surface area contributed by atoms with Gasteiger partial charge in [-0.2, -0.15) is 0 Å². The van der Waals surface area contributed by atoms with Gasteiger partial charge in [-0.25, -0.2) is 0 Å². The molecule has 2 heteroatoms. The van der Waals surface area contributed by atoms with Gasteiger partial charge >= 0.3 is 0 Å². The summed E-state index contributed by atoms with van der Waals surface area (Å²) in [6, 6.07) is 0. The van der Waals surface area contributed by atoms with Gasteiger partial charge in [0.15, 0.2) is 0 Å². The van der Waals surface area contributed by atoms with Crippen LogP contribution in [0, 0.1) is 5.41 Å². The summed E-state index contributed by atoms with van der Waals surface area (Å²) in [5, 5.41) is 0.995. The zero-order chi connectivity index (χ0) is 17.0. The lowest BCUT2D eigenvalue weighted by molar-refractivity contribution is 0.206.